The highest BCUT2D eigenvalue weighted by atomic mass is 16.2. The summed E-state index contributed by atoms with van der Waals surface area (Å²) in [5, 5.41) is 6.31. The van der Waals surface area contributed by atoms with Gasteiger partial charge >= 0.3 is 6.03 Å². The van der Waals surface area contributed by atoms with Gasteiger partial charge in [0.05, 0.1) is 5.69 Å². The van der Waals surface area contributed by atoms with E-state index < -0.39 is 35.4 Å². The number of primary amides is 1. The number of aryl methyl sites for hydroxylation is 4. The summed E-state index contributed by atoms with van der Waals surface area (Å²) in [5.41, 5.74) is 11.2. The summed E-state index contributed by atoms with van der Waals surface area (Å²) in [6.07, 6.45) is 0. The maximum Gasteiger partial charge on any atom is 0.332 e. The van der Waals surface area contributed by atoms with E-state index in [1.54, 1.807) is 30.3 Å². The Labute approximate surface area is 179 Å². The monoisotopic (exact) mass is 421 g/mol. The molecule has 2 aromatic rings. The molecule has 9 heteroatoms. The molecule has 1 fully saturated rings. The minimum absolute atomic E-state index is 0.311. The number of benzene rings is 2. The Morgan fingerprint density at radius 2 is 1.55 bits per heavy atom. The molecule has 1 heterocycles. The Morgan fingerprint density at radius 1 is 0.935 bits per heavy atom. The number of amides is 5. The van der Waals surface area contributed by atoms with Crippen molar-refractivity contribution in [2.24, 2.45) is 16.8 Å². The smallest absolute Gasteiger partial charge is 0.332 e. The van der Waals surface area contributed by atoms with Crippen LogP contribution in [0.2, 0.25) is 0 Å². The van der Waals surface area contributed by atoms with Gasteiger partial charge in [-0.3, -0.25) is 14.4 Å². The van der Waals surface area contributed by atoms with Crippen LogP contribution in [0.1, 0.15) is 22.3 Å². The van der Waals surface area contributed by atoms with Crippen molar-refractivity contribution in [3.05, 3.63) is 58.7 Å². The maximum atomic E-state index is 13.1. The summed E-state index contributed by atoms with van der Waals surface area (Å²) in [5.74, 6) is -3.85. The summed E-state index contributed by atoms with van der Waals surface area (Å²) in [6, 6.07) is 9.32. The van der Waals surface area contributed by atoms with Gasteiger partial charge in [-0.1, -0.05) is 12.1 Å². The summed E-state index contributed by atoms with van der Waals surface area (Å²) < 4.78 is 0. The number of imide groups is 1. The van der Waals surface area contributed by atoms with Crippen LogP contribution in [-0.4, -0.2) is 29.5 Å². The molecule has 0 unspecified atom stereocenters. The van der Waals surface area contributed by atoms with E-state index in [0.717, 1.165) is 27.2 Å². The largest absolute Gasteiger partial charge is 0.350 e. The molecule has 9 nitrogen and oxygen atoms in total. The third-order valence-corrected chi connectivity index (χ3v) is 5.23. The Kier molecular flexibility index (Phi) is 5.87. The average Bonchev–Trinajstić information content (AvgIpc) is 2.95. The van der Waals surface area contributed by atoms with Crippen molar-refractivity contribution in [3.63, 3.8) is 0 Å². The van der Waals surface area contributed by atoms with Crippen LogP contribution in [0, 0.1) is 33.6 Å². The van der Waals surface area contributed by atoms with E-state index in [1.165, 1.54) is 0 Å². The Balaban J connectivity index is 1.99. The molecule has 1 aliphatic heterocycles. The van der Waals surface area contributed by atoms with Gasteiger partial charge in [-0.25, -0.2) is 15.1 Å². The number of nitrogens with zero attached hydrogens (tertiary/aromatic N) is 2. The fraction of sp³-hybridized carbons (Fsp3) is 0.227. The molecule has 0 aromatic heterocycles. The third-order valence-electron chi connectivity index (χ3n) is 5.23. The van der Waals surface area contributed by atoms with Gasteiger partial charge in [0.15, 0.2) is 5.92 Å². The molecule has 31 heavy (non-hydrogen) atoms. The second-order valence-electron chi connectivity index (χ2n) is 7.44. The van der Waals surface area contributed by atoms with Gasteiger partial charge in [0.25, 0.3) is 11.8 Å². The normalized spacial score (nSPS) is 17.2. The van der Waals surface area contributed by atoms with Crippen LogP contribution >= 0.6 is 0 Å². The molecule has 1 atom stereocenters. The first-order valence-electron chi connectivity index (χ1n) is 9.57. The van der Waals surface area contributed by atoms with Crippen LogP contribution < -0.4 is 21.4 Å². The molecule has 160 valence electrons. The summed E-state index contributed by atoms with van der Waals surface area (Å²) in [6.45, 7) is 7.57. The van der Waals surface area contributed by atoms with E-state index in [4.69, 9.17) is 5.73 Å². The first kappa shape index (κ1) is 21.7. The van der Waals surface area contributed by atoms with Crippen molar-refractivity contribution in [1.29, 1.82) is 0 Å². The lowest BCUT2D eigenvalue weighted by atomic mass is 10.0. The Bertz CT molecular complexity index is 1140. The highest BCUT2D eigenvalue weighted by molar-refractivity contribution is 6.61. The molecular formula is C22H23N5O4. The topological polar surface area (TPSA) is 134 Å². The number of nitrogens with two attached hydrogens (primary N) is 1. The standard InChI is InChI=1S/C22H23N5O4/c1-11-5-7-15(9-13(11)3)24-19(28)17-18(25-26-22(23)31)21(30)27(20(17)29)16-8-6-12(2)14(4)10-16/h5-10,17H,1-4H3,(H,24,28)(H3,23,26,31)/b25-18+/t17-/m0/s1. The number of hydrazone groups is 1. The molecule has 3 rings (SSSR count). The van der Waals surface area contributed by atoms with E-state index in [-0.39, 0.29) is 0 Å². The second-order valence-corrected chi connectivity index (χ2v) is 7.44. The molecule has 0 spiro atoms. The average molecular weight is 421 g/mol. The molecular weight excluding hydrogens is 398 g/mol. The predicted molar refractivity (Wildman–Crippen MR) is 117 cm³/mol. The van der Waals surface area contributed by atoms with E-state index in [0.29, 0.717) is 11.4 Å². The fourth-order valence-electron chi connectivity index (χ4n) is 3.19. The molecule has 0 saturated carbocycles. The van der Waals surface area contributed by atoms with E-state index in [1.807, 2.05) is 39.2 Å². The first-order chi connectivity index (χ1) is 14.6. The van der Waals surface area contributed by atoms with Gasteiger partial charge in [0.2, 0.25) is 5.91 Å². The number of rotatable bonds is 4. The molecule has 4 N–H and O–H groups in total. The van der Waals surface area contributed by atoms with Gasteiger partial charge in [-0.2, -0.15) is 5.10 Å². The number of urea groups is 1. The number of carbonyl (C=O) groups excluding carboxylic acids is 4. The third kappa shape index (κ3) is 4.30. The number of carbonyl (C=O) groups is 4. The fourth-order valence-corrected chi connectivity index (χ4v) is 3.19. The van der Waals surface area contributed by atoms with Crippen molar-refractivity contribution in [2.45, 2.75) is 27.7 Å². The second kappa shape index (κ2) is 8.39. The van der Waals surface area contributed by atoms with Crippen molar-refractivity contribution in [3.8, 4) is 0 Å². The van der Waals surface area contributed by atoms with Crippen molar-refractivity contribution in [1.82, 2.24) is 5.43 Å². The Hall–Kier alpha value is -4.01. The first-order valence-corrected chi connectivity index (χ1v) is 9.57. The van der Waals surface area contributed by atoms with Crippen molar-refractivity contribution < 1.29 is 19.2 Å². The van der Waals surface area contributed by atoms with E-state index in [9.17, 15) is 19.2 Å². The van der Waals surface area contributed by atoms with Crippen LogP contribution in [0.4, 0.5) is 16.2 Å². The molecule has 0 aliphatic carbocycles. The minimum atomic E-state index is -1.54. The van der Waals surface area contributed by atoms with Crippen LogP contribution in [0.25, 0.3) is 0 Å². The van der Waals surface area contributed by atoms with Crippen LogP contribution in [-0.2, 0) is 14.4 Å². The molecule has 1 saturated heterocycles. The lowest BCUT2D eigenvalue weighted by Crippen LogP contribution is -2.35. The lowest BCUT2D eigenvalue weighted by Gasteiger charge is -2.15. The Morgan fingerprint density at radius 3 is 2.13 bits per heavy atom. The van der Waals surface area contributed by atoms with Gasteiger partial charge < -0.3 is 11.1 Å². The summed E-state index contributed by atoms with van der Waals surface area (Å²) >= 11 is 0. The highest BCUT2D eigenvalue weighted by Gasteiger charge is 2.50. The number of hydrogen-bond donors (Lipinski definition) is 3. The predicted octanol–water partition coefficient (Wildman–Crippen LogP) is 2.07. The maximum absolute atomic E-state index is 13.1. The van der Waals surface area contributed by atoms with Gasteiger partial charge in [0, 0.05) is 5.69 Å². The quantitative estimate of drug-likeness (QED) is 0.396. The van der Waals surface area contributed by atoms with E-state index >= 15 is 0 Å². The molecule has 2 aromatic carbocycles. The SMILES string of the molecule is Cc1ccc(NC(=O)[C@H]2C(=O)N(c3ccc(C)c(C)c3)C(=O)/C2=N/NC(N)=O)cc1C. The van der Waals surface area contributed by atoms with Crippen LogP contribution in [0.15, 0.2) is 41.5 Å². The molecule has 1 aliphatic rings. The van der Waals surface area contributed by atoms with Crippen molar-refractivity contribution >= 4 is 40.8 Å². The highest BCUT2D eigenvalue weighted by Crippen LogP contribution is 2.28. The zero-order valence-corrected chi connectivity index (χ0v) is 17.6. The number of nitrogens with one attached hydrogen (secondary N) is 2. The zero-order valence-electron chi connectivity index (χ0n) is 17.6. The lowest BCUT2D eigenvalue weighted by molar-refractivity contribution is -0.127. The molecule has 0 radical (unpaired) electrons. The van der Waals surface area contributed by atoms with Gasteiger partial charge in [-0.15, -0.1) is 0 Å². The summed E-state index contributed by atoms with van der Waals surface area (Å²) in [4.78, 5) is 51.1. The zero-order chi connectivity index (χ0) is 22.9. The summed E-state index contributed by atoms with van der Waals surface area (Å²) in [7, 11) is 0. The van der Waals surface area contributed by atoms with Gasteiger partial charge in [0.1, 0.15) is 5.71 Å². The number of anilines is 2. The number of hydrogen-bond acceptors (Lipinski definition) is 5. The van der Waals surface area contributed by atoms with Crippen LogP contribution in [0.5, 0.6) is 0 Å². The molecule has 5 amide bonds. The van der Waals surface area contributed by atoms with Crippen molar-refractivity contribution in [2.75, 3.05) is 10.2 Å². The van der Waals surface area contributed by atoms with E-state index in [2.05, 4.69) is 10.4 Å². The minimum Gasteiger partial charge on any atom is -0.350 e. The van der Waals surface area contributed by atoms with Gasteiger partial charge in [-0.05, 0) is 74.2 Å². The van der Waals surface area contributed by atoms with Crippen LogP contribution in [0.3, 0.4) is 0 Å². The molecule has 0 bridgehead atoms.